The van der Waals surface area contributed by atoms with Gasteiger partial charge in [0.05, 0.1) is 5.56 Å². The van der Waals surface area contributed by atoms with Gasteiger partial charge in [0.2, 0.25) is 0 Å². The summed E-state index contributed by atoms with van der Waals surface area (Å²) in [6, 6.07) is 6.43. The second-order valence-electron chi connectivity index (χ2n) is 7.27. The summed E-state index contributed by atoms with van der Waals surface area (Å²) in [6.45, 7) is 3.76. The molecule has 0 aromatic heterocycles. The number of hydrogen-bond donors (Lipinski definition) is 0. The van der Waals surface area contributed by atoms with Crippen LogP contribution >= 0.6 is 0 Å². The highest BCUT2D eigenvalue weighted by Crippen LogP contribution is 2.56. The van der Waals surface area contributed by atoms with Crippen molar-refractivity contribution in [3.05, 3.63) is 77.7 Å². The fraction of sp³-hybridized carbons (Fsp3) is 0.381. The Kier molecular flexibility index (Phi) is 7.12. The lowest BCUT2D eigenvalue weighted by atomic mass is 9.92. The average molecular weight is 495 g/mol. The summed E-state index contributed by atoms with van der Waals surface area (Å²) in [7, 11) is 0. The summed E-state index contributed by atoms with van der Waals surface area (Å²) in [5.74, 6) is -20.1. The van der Waals surface area contributed by atoms with Gasteiger partial charge in [0.15, 0.2) is 0 Å². The molecule has 0 N–H and O–H groups in total. The molecule has 2 aromatic carbocycles. The van der Waals surface area contributed by atoms with Crippen molar-refractivity contribution in [2.24, 2.45) is 0 Å². The topological polar surface area (TPSA) is 0 Å². The standard InChI is InChI=1S/C21H15F12/c1-12(14-6-10-16(11-7-14)18(24,25)26)2-3-13-4-8-15(9-5-13)17(22,23)19(27,28)20(29,30)21(31,32)33/h4-12H,1-3H2. The number of benzene rings is 2. The average Bonchev–Trinajstić information content (AvgIpc) is 2.70. The second kappa shape index (κ2) is 8.75. The maximum absolute atomic E-state index is 13.9. The molecule has 33 heavy (non-hydrogen) atoms. The molecule has 0 saturated carbocycles. The van der Waals surface area contributed by atoms with E-state index in [4.69, 9.17) is 0 Å². The molecule has 183 valence electrons. The zero-order valence-electron chi connectivity index (χ0n) is 16.4. The summed E-state index contributed by atoms with van der Waals surface area (Å²) in [4.78, 5) is 0. The zero-order chi connectivity index (χ0) is 25.5. The Hall–Kier alpha value is -2.40. The lowest BCUT2D eigenvalue weighted by Gasteiger charge is -2.33. The van der Waals surface area contributed by atoms with E-state index in [0.717, 1.165) is 24.3 Å². The van der Waals surface area contributed by atoms with Crippen molar-refractivity contribution in [2.75, 3.05) is 0 Å². The van der Waals surface area contributed by atoms with Crippen LogP contribution in [-0.4, -0.2) is 18.0 Å². The molecule has 0 aliphatic heterocycles. The van der Waals surface area contributed by atoms with Gasteiger partial charge in [-0.1, -0.05) is 36.4 Å². The first kappa shape index (κ1) is 26.8. The van der Waals surface area contributed by atoms with Gasteiger partial charge in [0, 0.05) is 5.56 Å². The van der Waals surface area contributed by atoms with Crippen molar-refractivity contribution in [2.45, 2.75) is 48.9 Å². The maximum Gasteiger partial charge on any atom is 0.460 e. The predicted molar refractivity (Wildman–Crippen MR) is 94.1 cm³/mol. The Morgan fingerprint density at radius 2 is 1.06 bits per heavy atom. The van der Waals surface area contributed by atoms with Crippen molar-refractivity contribution in [3.63, 3.8) is 0 Å². The van der Waals surface area contributed by atoms with Crippen LogP contribution in [0.25, 0.3) is 0 Å². The molecule has 1 radical (unpaired) electrons. The summed E-state index contributed by atoms with van der Waals surface area (Å²) in [6.07, 6.45) is -11.2. The molecule has 0 spiro atoms. The number of rotatable bonds is 7. The fourth-order valence-electron chi connectivity index (χ4n) is 2.89. The molecule has 0 bridgehead atoms. The number of halogens is 12. The minimum Gasteiger partial charge on any atom is -0.194 e. The molecule has 0 heterocycles. The van der Waals surface area contributed by atoms with E-state index < -0.39 is 47.2 Å². The first-order valence-corrected chi connectivity index (χ1v) is 9.12. The van der Waals surface area contributed by atoms with Crippen LogP contribution in [0, 0.1) is 6.92 Å². The largest absolute Gasteiger partial charge is 0.460 e. The van der Waals surface area contributed by atoms with Gasteiger partial charge in [0.1, 0.15) is 0 Å². The molecule has 2 aromatic rings. The van der Waals surface area contributed by atoms with Crippen LogP contribution in [0.15, 0.2) is 48.5 Å². The molecular weight excluding hydrogens is 480 g/mol. The van der Waals surface area contributed by atoms with Gasteiger partial charge in [-0.25, -0.2) is 0 Å². The lowest BCUT2D eigenvalue weighted by Crippen LogP contribution is -2.59. The van der Waals surface area contributed by atoms with Crippen LogP contribution in [-0.2, 0) is 18.5 Å². The Morgan fingerprint density at radius 1 is 0.606 bits per heavy atom. The van der Waals surface area contributed by atoms with Gasteiger partial charge in [-0.3, -0.25) is 0 Å². The molecule has 0 fully saturated rings. The third-order valence-electron chi connectivity index (χ3n) is 4.95. The molecule has 0 amide bonds. The third kappa shape index (κ3) is 5.24. The molecule has 0 aliphatic carbocycles. The quantitative estimate of drug-likeness (QED) is 0.340. The summed E-state index contributed by atoms with van der Waals surface area (Å²) < 4.78 is 155. The molecule has 0 nitrogen and oxygen atoms in total. The molecule has 1 atom stereocenters. The first-order chi connectivity index (χ1) is 14.8. The molecule has 2 rings (SSSR count). The monoisotopic (exact) mass is 495 g/mol. The Bertz CT molecular complexity index is 922. The number of aryl methyl sites for hydroxylation is 1. The zero-order valence-corrected chi connectivity index (χ0v) is 16.4. The summed E-state index contributed by atoms with van der Waals surface area (Å²) in [5.41, 5.74) is -1.95. The van der Waals surface area contributed by atoms with Crippen LogP contribution in [0.5, 0.6) is 0 Å². The van der Waals surface area contributed by atoms with Gasteiger partial charge < -0.3 is 0 Å². The highest BCUT2D eigenvalue weighted by Gasteiger charge is 2.82. The second-order valence-corrected chi connectivity index (χ2v) is 7.27. The van der Waals surface area contributed by atoms with Crippen LogP contribution in [0.4, 0.5) is 52.7 Å². The van der Waals surface area contributed by atoms with E-state index >= 15 is 0 Å². The summed E-state index contributed by atoms with van der Waals surface area (Å²) in [5, 5.41) is 0. The normalized spacial score (nSPS) is 14.9. The van der Waals surface area contributed by atoms with Crippen LogP contribution in [0.1, 0.15) is 34.6 Å². The SMILES string of the molecule is [CH2]C(CCc1ccc(C(F)(F)C(F)(F)C(F)(F)C(F)(F)F)cc1)c1ccc(C(F)(F)F)cc1. The Labute approximate surface area is 180 Å². The van der Waals surface area contributed by atoms with Crippen molar-refractivity contribution in [3.8, 4) is 0 Å². The van der Waals surface area contributed by atoms with E-state index in [1.54, 1.807) is 0 Å². The van der Waals surface area contributed by atoms with E-state index in [9.17, 15) is 52.7 Å². The lowest BCUT2D eigenvalue weighted by molar-refractivity contribution is -0.399. The van der Waals surface area contributed by atoms with Gasteiger partial charge in [-0.05, 0) is 48.9 Å². The fourth-order valence-corrected chi connectivity index (χ4v) is 2.89. The van der Waals surface area contributed by atoms with Crippen molar-refractivity contribution < 1.29 is 52.7 Å². The van der Waals surface area contributed by atoms with Gasteiger partial charge in [0.25, 0.3) is 0 Å². The number of hydrogen-bond acceptors (Lipinski definition) is 0. The van der Waals surface area contributed by atoms with Gasteiger partial charge in [-0.15, -0.1) is 0 Å². The molecule has 12 heteroatoms. The van der Waals surface area contributed by atoms with Crippen molar-refractivity contribution in [1.29, 1.82) is 0 Å². The van der Waals surface area contributed by atoms with Crippen molar-refractivity contribution >= 4 is 0 Å². The first-order valence-electron chi connectivity index (χ1n) is 9.12. The van der Waals surface area contributed by atoms with E-state index in [1.165, 1.54) is 12.1 Å². The smallest absolute Gasteiger partial charge is 0.194 e. The van der Waals surface area contributed by atoms with Crippen LogP contribution < -0.4 is 0 Å². The Balaban J connectivity index is 2.12. The molecular formula is C21H15F12. The molecule has 0 saturated heterocycles. The minimum absolute atomic E-state index is 0.0795. The van der Waals surface area contributed by atoms with Gasteiger partial charge in [-0.2, -0.15) is 52.7 Å². The van der Waals surface area contributed by atoms with Crippen molar-refractivity contribution in [1.82, 2.24) is 0 Å². The third-order valence-corrected chi connectivity index (χ3v) is 4.95. The highest BCUT2D eigenvalue weighted by molar-refractivity contribution is 5.30. The van der Waals surface area contributed by atoms with E-state index in [2.05, 4.69) is 6.92 Å². The molecule has 1 unspecified atom stereocenters. The van der Waals surface area contributed by atoms with E-state index in [0.29, 0.717) is 17.7 Å². The van der Waals surface area contributed by atoms with Crippen LogP contribution in [0.2, 0.25) is 0 Å². The van der Waals surface area contributed by atoms with E-state index in [1.807, 2.05) is 0 Å². The molecule has 0 aliphatic rings. The maximum atomic E-state index is 13.9. The van der Waals surface area contributed by atoms with Gasteiger partial charge >= 0.3 is 30.1 Å². The number of alkyl halides is 12. The van der Waals surface area contributed by atoms with E-state index in [-0.39, 0.29) is 18.4 Å². The predicted octanol–water partition coefficient (Wildman–Crippen LogP) is 8.18. The summed E-state index contributed by atoms with van der Waals surface area (Å²) >= 11 is 0. The Morgan fingerprint density at radius 3 is 1.48 bits per heavy atom. The van der Waals surface area contributed by atoms with Crippen LogP contribution in [0.3, 0.4) is 0 Å². The minimum atomic E-state index is -6.98. The highest BCUT2D eigenvalue weighted by atomic mass is 19.4.